The second-order valence-electron chi connectivity index (χ2n) is 6.39. The lowest BCUT2D eigenvalue weighted by molar-refractivity contribution is 0.0760. The Morgan fingerprint density at radius 3 is 2.50 bits per heavy atom. The Hall–Kier alpha value is -2.44. The number of hydrogen-bond acceptors (Lipinski definition) is 5. The minimum absolute atomic E-state index is 0.0238. The van der Waals surface area contributed by atoms with Gasteiger partial charge in [-0.25, -0.2) is 0 Å². The van der Waals surface area contributed by atoms with E-state index in [0.29, 0.717) is 17.1 Å². The summed E-state index contributed by atoms with van der Waals surface area (Å²) in [5, 5.41) is 2.04. The summed E-state index contributed by atoms with van der Waals surface area (Å²) >= 11 is 3.47. The van der Waals surface area contributed by atoms with Crippen molar-refractivity contribution in [2.24, 2.45) is 0 Å². The largest absolute Gasteiger partial charge is 0.493 e. The van der Waals surface area contributed by atoms with Gasteiger partial charge in [-0.3, -0.25) is 4.79 Å². The molecule has 144 valence electrons. The first kappa shape index (κ1) is 18.9. The van der Waals surface area contributed by atoms with Crippen molar-refractivity contribution in [1.82, 2.24) is 4.90 Å². The van der Waals surface area contributed by atoms with Crippen LogP contribution < -0.4 is 9.47 Å². The van der Waals surface area contributed by atoms with Crippen LogP contribution in [0.4, 0.5) is 0 Å². The van der Waals surface area contributed by atoms with E-state index >= 15 is 0 Å². The molecule has 1 atom stereocenters. The van der Waals surface area contributed by atoms with Gasteiger partial charge in [-0.1, -0.05) is 24.3 Å². The quantitative estimate of drug-likeness (QED) is 0.570. The minimum atomic E-state index is -0.0238. The van der Waals surface area contributed by atoms with Crippen LogP contribution in [0.15, 0.2) is 60.0 Å². The van der Waals surface area contributed by atoms with Gasteiger partial charge in [-0.2, -0.15) is 0 Å². The number of amides is 1. The first-order chi connectivity index (χ1) is 13.7. The third-order valence-corrected chi connectivity index (χ3v) is 6.96. The number of hydrogen-bond donors (Lipinski definition) is 0. The van der Waals surface area contributed by atoms with Gasteiger partial charge >= 0.3 is 0 Å². The van der Waals surface area contributed by atoms with Gasteiger partial charge in [0.25, 0.3) is 5.91 Å². The zero-order valence-corrected chi connectivity index (χ0v) is 17.4. The number of thioether (sulfide) groups is 1. The standard InChI is InChI=1S/C22H21NO3S2/c1-25-18-10-9-17(14-19(18)26-2)22-23(11-13-28-22)21(24)16-7-5-15(6-8-16)20-4-3-12-27-20/h3-10,12,14,22H,11,13H2,1-2H3. The Morgan fingerprint density at radius 2 is 1.82 bits per heavy atom. The van der Waals surface area contributed by atoms with E-state index in [1.807, 2.05) is 53.4 Å². The maximum absolute atomic E-state index is 13.2. The van der Waals surface area contributed by atoms with Crippen LogP contribution in [0.2, 0.25) is 0 Å². The fourth-order valence-electron chi connectivity index (χ4n) is 3.35. The van der Waals surface area contributed by atoms with E-state index in [0.717, 1.165) is 23.4 Å². The highest BCUT2D eigenvalue weighted by Gasteiger charge is 2.31. The molecule has 1 amide bonds. The SMILES string of the molecule is COc1ccc(C2SCCN2C(=O)c2ccc(-c3cccs3)cc2)cc1OC. The number of rotatable bonds is 5. The molecule has 0 radical (unpaired) electrons. The predicted molar refractivity (Wildman–Crippen MR) is 116 cm³/mol. The highest BCUT2D eigenvalue weighted by molar-refractivity contribution is 7.99. The lowest BCUT2D eigenvalue weighted by Gasteiger charge is -2.25. The lowest BCUT2D eigenvalue weighted by atomic mass is 10.1. The van der Waals surface area contributed by atoms with Gasteiger partial charge < -0.3 is 14.4 Å². The van der Waals surface area contributed by atoms with Crippen molar-refractivity contribution in [3.8, 4) is 21.9 Å². The van der Waals surface area contributed by atoms with Crippen molar-refractivity contribution in [3.05, 3.63) is 71.1 Å². The molecule has 6 heteroatoms. The summed E-state index contributed by atoms with van der Waals surface area (Å²) in [6, 6.07) is 17.9. The van der Waals surface area contributed by atoms with E-state index in [4.69, 9.17) is 9.47 Å². The van der Waals surface area contributed by atoms with Crippen molar-refractivity contribution >= 4 is 29.0 Å². The number of nitrogens with zero attached hydrogens (tertiary/aromatic N) is 1. The Bertz CT molecular complexity index is 954. The molecule has 1 fully saturated rings. The van der Waals surface area contributed by atoms with E-state index < -0.39 is 0 Å². The molecule has 1 aromatic heterocycles. The fourth-order valence-corrected chi connectivity index (χ4v) is 5.32. The maximum Gasteiger partial charge on any atom is 0.255 e. The van der Waals surface area contributed by atoms with Gasteiger partial charge in [-0.15, -0.1) is 23.1 Å². The van der Waals surface area contributed by atoms with Gasteiger partial charge in [-0.05, 0) is 46.8 Å². The van der Waals surface area contributed by atoms with E-state index in [1.54, 1.807) is 37.3 Å². The molecule has 2 aromatic carbocycles. The van der Waals surface area contributed by atoms with Crippen molar-refractivity contribution in [3.63, 3.8) is 0 Å². The normalized spacial score (nSPS) is 16.2. The minimum Gasteiger partial charge on any atom is -0.493 e. The summed E-state index contributed by atoms with van der Waals surface area (Å²) < 4.78 is 10.8. The molecule has 1 saturated heterocycles. The number of carbonyl (C=O) groups excluding carboxylic acids is 1. The molecule has 0 aliphatic carbocycles. The smallest absolute Gasteiger partial charge is 0.255 e. The third-order valence-electron chi connectivity index (χ3n) is 4.78. The highest BCUT2D eigenvalue weighted by atomic mass is 32.2. The summed E-state index contributed by atoms with van der Waals surface area (Å²) in [7, 11) is 3.25. The molecule has 4 rings (SSSR count). The van der Waals surface area contributed by atoms with E-state index in [1.165, 1.54) is 4.88 Å². The summed E-state index contributed by atoms with van der Waals surface area (Å²) in [6.45, 7) is 0.731. The van der Waals surface area contributed by atoms with Crippen molar-refractivity contribution in [1.29, 1.82) is 0 Å². The molecular weight excluding hydrogens is 390 g/mol. The fraction of sp³-hybridized carbons (Fsp3) is 0.227. The Balaban J connectivity index is 1.57. The maximum atomic E-state index is 13.2. The molecule has 1 aliphatic rings. The van der Waals surface area contributed by atoms with E-state index in [-0.39, 0.29) is 11.3 Å². The summed E-state index contributed by atoms with van der Waals surface area (Å²) in [4.78, 5) is 16.3. The summed E-state index contributed by atoms with van der Waals surface area (Å²) in [6.07, 6.45) is 0. The average molecular weight is 412 g/mol. The van der Waals surface area contributed by atoms with Gasteiger partial charge in [0.1, 0.15) is 5.37 Å². The number of methoxy groups -OCH3 is 2. The predicted octanol–water partition coefficient (Wildman–Crippen LogP) is 5.32. The summed E-state index contributed by atoms with van der Waals surface area (Å²) in [5.41, 5.74) is 2.90. The molecule has 0 spiro atoms. The van der Waals surface area contributed by atoms with Crippen LogP contribution in [0.5, 0.6) is 11.5 Å². The second kappa shape index (κ2) is 8.29. The first-order valence-corrected chi connectivity index (χ1v) is 10.9. The average Bonchev–Trinajstić information content (AvgIpc) is 3.45. The molecule has 1 aliphatic heterocycles. The lowest BCUT2D eigenvalue weighted by Crippen LogP contribution is -2.30. The van der Waals surface area contributed by atoms with Gasteiger partial charge in [0, 0.05) is 22.7 Å². The number of carbonyl (C=O) groups is 1. The molecular formula is C22H21NO3S2. The van der Waals surface area contributed by atoms with Gasteiger partial charge in [0.05, 0.1) is 14.2 Å². The molecule has 0 N–H and O–H groups in total. The molecule has 2 heterocycles. The highest BCUT2D eigenvalue weighted by Crippen LogP contribution is 2.41. The zero-order chi connectivity index (χ0) is 19.5. The van der Waals surface area contributed by atoms with Crippen molar-refractivity contribution < 1.29 is 14.3 Å². The monoisotopic (exact) mass is 411 g/mol. The van der Waals surface area contributed by atoms with E-state index in [9.17, 15) is 4.79 Å². The third kappa shape index (κ3) is 3.62. The Morgan fingerprint density at radius 1 is 1.04 bits per heavy atom. The summed E-state index contributed by atoms with van der Waals surface area (Å²) in [5.74, 6) is 2.34. The van der Waals surface area contributed by atoms with Crippen LogP contribution in [0.25, 0.3) is 10.4 Å². The van der Waals surface area contributed by atoms with Crippen LogP contribution in [0.1, 0.15) is 21.3 Å². The zero-order valence-electron chi connectivity index (χ0n) is 15.8. The van der Waals surface area contributed by atoms with Crippen LogP contribution >= 0.6 is 23.1 Å². The molecule has 4 nitrogen and oxygen atoms in total. The van der Waals surface area contributed by atoms with Gasteiger partial charge in [0.2, 0.25) is 0 Å². The number of ether oxygens (including phenoxy) is 2. The Labute approximate surface area is 173 Å². The topological polar surface area (TPSA) is 38.8 Å². The van der Waals surface area contributed by atoms with E-state index in [2.05, 4.69) is 11.4 Å². The molecule has 3 aromatic rings. The second-order valence-corrected chi connectivity index (χ2v) is 8.53. The molecule has 1 unspecified atom stereocenters. The number of benzene rings is 2. The first-order valence-electron chi connectivity index (χ1n) is 8.99. The van der Waals surface area contributed by atoms with Crippen LogP contribution in [-0.4, -0.2) is 37.3 Å². The van der Waals surface area contributed by atoms with Gasteiger partial charge in [0.15, 0.2) is 11.5 Å². The Kier molecular flexibility index (Phi) is 5.59. The number of thiophene rings is 1. The van der Waals surface area contributed by atoms with Crippen molar-refractivity contribution in [2.75, 3.05) is 26.5 Å². The molecule has 28 heavy (non-hydrogen) atoms. The molecule has 0 bridgehead atoms. The van der Waals surface area contributed by atoms with Crippen LogP contribution in [-0.2, 0) is 0 Å². The van der Waals surface area contributed by atoms with Crippen molar-refractivity contribution in [2.45, 2.75) is 5.37 Å². The molecule has 0 saturated carbocycles. The van der Waals surface area contributed by atoms with Crippen LogP contribution in [0.3, 0.4) is 0 Å². The van der Waals surface area contributed by atoms with Crippen LogP contribution in [0, 0.1) is 0 Å².